The maximum atomic E-state index is 14.3. The van der Waals surface area contributed by atoms with Crippen LogP contribution in [0.5, 0.6) is 5.75 Å². The third kappa shape index (κ3) is 3.84. The number of hydrogen-bond donors (Lipinski definition) is 1. The first-order valence-electron chi connectivity index (χ1n) is 8.42. The lowest BCUT2D eigenvalue weighted by molar-refractivity contribution is 0.101. The maximum absolute atomic E-state index is 14.3. The molecular weight excluding hydrogens is 384 g/mol. The fourth-order valence-electron chi connectivity index (χ4n) is 2.62. The van der Waals surface area contributed by atoms with Gasteiger partial charge in [-0.2, -0.15) is 0 Å². The summed E-state index contributed by atoms with van der Waals surface area (Å²) < 4.78 is 42.3. The molecule has 0 aliphatic heterocycles. The first-order chi connectivity index (χ1) is 14.2. The van der Waals surface area contributed by atoms with E-state index in [9.17, 15) is 13.6 Å². The summed E-state index contributed by atoms with van der Waals surface area (Å²) in [5, 5.41) is 10.2. The van der Waals surface area contributed by atoms with Crippen LogP contribution in [0.25, 0.3) is 23.1 Å². The lowest BCUT2D eigenvalue weighted by Crippen LogP contribution is -2.14. The van der Waals surface area contributed by atoms with E-state index in [2.05, 4.69) is 15.5 Å². The number of anilines is 1. The number of benzene rings is 2. The predicted molar refractivity (Wildman–Crippen MR) is 98.4 cm³/mol. The average molecular weight is 397 g/mol. The van der Waals surface area contributed by atoms with E-state index >= 15 is 0 Å². The van der Waals surface area contributed by atoms with Crippen molar-refractivity contribution in [1.29, 1.82) is 0 Å². The third-order valence-electron chi connectivity index (χ3n) is 3.96. The monoisotopic (exact) mass is 397 g/mol. The molecule has 29 heavy (non-hydrogen) atoms. The minimum absolute atomic E-state index is 0.0454. The molecule has 4 rings (SSSR count). The highest BCUT2D eigenvalue weighted by Crippen LogP contribution is 2.28. The Morgan fingerprint density at radius 2 is 1.90 bits per heavy atom. The van der Waals surface area contributed by atoms with Gasteiger partial charge in [-0.15, -0.1) is 10.2 Å². The molecule has 0 atom stereocenters. The van der Waals surface area contributed by atoms with Crippen molar-refractivity contribution in [2.24, 2.45) is 0 Å². The summed E-state index contributed by atoms with van der Waals surface area (Å²) in [5.74, 6) is -0.609. The van der Waals surface area contributed by atoms with Gasteiger partial charge >= 0.3 is 0 Å². The minimum Gasteiger partial charge on any atom is -0.462 e. The zero-order valence-corrected chi connectivity index (χ0v) is 14.8. The molecule has 1 amide bonds. The van der Waals surface area contributed by atoms with Gasteiger partial charge in [0.25, 0.3) is 11.8 Å². The number of alkyl halides is 1. The second-order valence-corrected chi connectivity index (χ2v) is 5.79. The summed E-state index contributed by atoms with van der Waals surface area (Å²) in [7, 11) is 0. The number of ether oxygens (including phenoxy) is 1. The fourth-order valence-corrected chi connectivity index (χ4v) is 2.62. The van der Waals surface area contributed by atoms with Crippen molar-refractivity contribution in [3.63, 3.8) is 0 Å². The SMILES string of the molecule is O=C(Nc1cc(-c2nnc(-c3ccco3)o2)ccc1F)c1ccccc1OCF. The number of carbonyl (C=O) groups excluding carboxylic acids is 1. The molecule has 9 heteroatoms. The van der Waals surface area contributed by atoms with Gasteiger partial charge < -0.3 is 18.9 Å². The summed E-state index contributed by atoms with van der Waals surface area (Å²) in [6.07, 6.45) is 1.47. The molecule has 0 aliphatic carbocycles. The molecule has 4 aromatic rings. The molecule has 0 bridgehead atoms. The van der Waals surface area contributed by atoms with E-state index in [-0.39, 0.29) is 28.8 Å². The van der Waals surface area contributed by atoms with Crippen LogP contribution in [0.2, 0.25) is 0 Å². The molecule has 2 heterocycles. The van der Waals surface area contributed by atoms with Crippen molar-refractivity contribution >= 4 is 11.6 Å². The Kier molecular flexibility index (Phi) is 5.02. The van der Waals surface area contributed by atoms with Crippen molar-refractivity contribution in [3.8, 4) is 28.9 Å². The van der Waals surface area contributed by atoms with Gasteiger partial charge in [-0.3, -0.25) is 4.79 Å². The molecule has 2 aromatic heterocycles. The molecule has 0 fully saturated rings. The van der Waals surface area contributed by atoms with Crippen LogP contribution in [0.3, 0.4) is 0 Å². The van der Waals surface area contributed by atoms with E-state index in [0.717, 1.165) is 6.07 Å². The Morgan fingerprint density at radius 1 is 1.07 bits per heavy atom. The smallest absolute Gasteiger partial charge is 0.283 e. The molecule has 7 nitrogen and oxygen atoms in total. The molecular formula is C20H13F2N3O4. The van der Waals surface area contributed by atoms with Gasteiger partial charge in [-0.05, 0) is 42.5 Å². The minimum atomic E-state index is -1.09. The second kappa shape index (κ2) is 7.93. The number of para-hydroxylation sites is 1. The lowest BCUT2D eigenvalue weighted by Gasteiger charge is -2.10. The van der Waals surface area contributed by atoms with Crippen molar-refractivity contribution in [2.75, 3.05) is 12.2 Å². The van der Waals surface area contributed by atoms with Gasteiger partial charge in [0.05, 0.1) is 17.5 Å². The Bertz CT molecular complexity index is 1140. The van der Waals surface area contributed by atoms with E-state index in [1.807, 2.05) is 0 Å². The van der Waals surface area contributed by atoms with Crippen LogP contribution in [-0.2, 0) is 0 Å². The van der Waals surface area contributed by atoms with E-state index in [1.54, 1.807) is 24.3 Å². The maximum Gasteiger partial charge on any atom is 0.283 e. The first kappa shape index (κ1) is 18.4. The topological polar surface area (TPSA) is 90.4 Å². The zero-order valence-electron chi connectivity index (χ0n) is 14.8. The number of hydrogen-bond acceptors (Lipinski definition) is 6. The Hall–Kier alpha value is -4.01. The molecule has 1 N–H and O–H groups in total. The molecule has 0 radical (unpaired) electrons. The summed E-state index contributed by atoms with van der Waals surface area (Å²) in [6.45, 7) is -1.09. The van der Waals surface area contributed by atoms with E-state index in [4.69, 9.17) is 13.6 Å². The number of nitrogens with zero attached hydrogens (tertiary/aromatic N) is 2. The van der Waals surface area contributed by atoms with E-state index in [1.165, 1.54) is 30.5 Å². The van der Waals surface area contributed by atoms with Gasteiger partial charge in [0.1, 0.15) is 11.6 Å². The fraction of sp³-hybridized carbons (Fsp3) is 0.0500. The number of amides is 1. The average Bonchev–Trinajstić information content (AvgIpc) is 3.42. The standard InChI is InChI=1S/C20H13F2N3O4/c21-11-28-16-5-2-1-4-13(16)18(26)23-15-10-12(7-8-14(15)22)19-24-25-20(29-19)17-6-3-9-27-17/h1-10H,11H2,(H,23,26). The van der Waals surface area contributed by atoms with Crippen molar-refractivity contribution in [2.45, 2.75) is 0 Å². The summed E-state index contributed by atoms with van der Waals surface area (Å²) >= 11 is 0. The quantitative estimate of drug-likeness (QED) is 0.507. The highest BCUT2D eigenvalue weighted by atomic mass is 19.1. The van der Waals surface area contributed by atoms with Crippen LogP contribution in [0, 0.1) is 5.82 Å². The normalized spacial score (nSPS) is 10.7. The summed E-state index contributed by atoms with van der Waals surface area (Å²) in [6, 6.07) is 13.3. The number of aromatic nitrogens is 2. The Labute approximate surface area is 162 Å². The number of halogens is 2. The van der Waals surface area contributed by atoms with Crippen LogP contribution >= 0.6 is 0 Å². The van der Waals surface area contributed by atoms with Gasteiger partial charge in [-0.1, -0.05) is 12.1 Å². The van der Waals surface area contributed by atoms with Crippen molar-refractivity contribution in [3.05, 3.63) is 72.2 Å². The third-order valence-corrected chi connectivity index (χ3v) is 3.96. The molecule has 0 aliphatic rings. The summed E-state index contributed by atoms with van der Waals surface area (Å²) in [5.41, 5.74) is 0.341. The van der Waals surface area contributed by atoms with Gasteiger partial charge in [0.15, 0.2) is 5.76 Å². The highest BCUT2D eigenvalue weighted by molar-refractivity contribution is 6.06. The molecule has 0 saturated heterocycles. The lowest BCUT2D eigenvalue weighted by atomic mass is 10.1. The summed E-state index contributed by atoms with van der Waals surface area (Å²) in [4.78, 5) is 12.5. The van der Waals surface area contributed by atoms with E-state index in [0.29, 0.717) is 11.3 Å². The highest BCUT2D eigenvalue weighted by Gasteiger charge is 2.17. The number of carbonyl (C=O) groups is 1. The largest absolute Gasteiger partial charge is 0.462 e. The van der Waals surface area contributed by atoms with Crippen LogP contribution in [0.15, 0.2) is 69.7 Å². The molecule has 0 saturated carbocycles. The molecule has 0 unspecified atom stereocenters. The van der Waals surface area contributed by atoms with Crippen LogP contribution < -0.4 is 10.1 Å². The van der Waals surface area contributed by atoms with Gasteiger partial charge in [0.2, 0.25) is 12.8 Å². The Morgan fingerprint density at radius 3 is 2.69 bits per heavy atom. The number of rotatable bonds is 6. The second-order valence-electron chi connectivity index (χ2n) is 5.79. The van der Waals surface area contributed by atoms with Gasteiger partial charge in [0, 0.05) is 5.56 Å². The van der Waals surface area contributed by atoms with Crippen molar-refractivity contribution in [1.82, 2.24) is 10.2 Å². The zero-order chi connectivity index (χ0) is 20.2. The van der Waals surface area contributed by atoms with Crippen LogP contribution in [0.1, 0.15) is 10.4 Å². The van der Waals surface area contributed by atoms with Crippen LogP contribution in [0.4, 0.5) is 14.5 Å². The van der Waals surface area contributed by atoms with Crippen molar-refractivity contribution < 1.29 is 27.1 Å². The number of furan rings is 1. The molecule has 146 valence electrons. The van der Waals surface area contributed by atoms with Gasteiger partial charge in [-0.25, -0.2) is 8.78 Å². The first-order valence-corrected chi connectivity index (χ1v) is 8.42. The van der Waals surface area contributed by atoms with E-state index < -0.39 is 18.6 Å². The predicted octanol–water partition coefficient (Wildman–Crippen LogP) is 4.69. The molecule has 2 aromatic carbocycles. The van der Waals surface area contributed by atoms with Crippen LogP contribution in [-0.4, -0.2) is 23.0 Å². The number of nitrogens with one attached hydrogen (secondary N) is 1. The molecule has 0 spiro atoms. The Balaban J connectivity index is 1.60.